The Labute approximate surface area is 164 Å². The monoisotopic (exact) mass is 374 g/mol. The van der Waals surface area contributed by atoms with E-state index < -0.39 is 6.04 Å². The molecule has 142 valence electrons. The molecule has 6 nitrogen and oxygen atoms in total. The normalized spacial score (nSPS) is 12.1. The summed E-state index contributed by atoms with van der Waals surface area (Å²) in [7, 11) is 1.68. The SMILES string of the molecule is CC[C@@H](C=O)NC(=O)c1ccc(C#Cc2ccc(C(C=CN)=NC)nc2)cc1. The number of amides is 1. The van der Waals surface area contributed by atoms with Gasteiger partial charge in [-0.2, -0.15) is 0 Å². The van der Waals surface area contributed by atoms with Gasteiger partial charge >= 0.3 is 0 Å². The van der Waals surface area contributed by atoms with Crippen molar-refractivity contribution in [3.63, 3.8) is 0 Å². The van der Waals surface area contributed by atoms with Crippen molar-refractivity contribution in [1.29, 1.82) is 0 Å². The molecule has 0 saturated carbocycles. The lowest BCUT2D eigenvalue weighted by Crippen LogP contribution is -2.35. The van der Waals surface area contributed by atoms with E-state index in [9.17, 15) is 9.59 Å². The average Bonchev–Trinajstić information content (AvgIpc) is 2.75. The van der Waals surface area contributed by atoms with Crippen LogP contribution in [0.5, 0.6) is 0 Å². The lowest BCUT2D eigenvalue weighted by Gasteiger charge is -2.10. The lowest BCUT2D eigenvalue weighted by molar-refractivity contribution is -0.109. The van der Waals surface area contributed by atoms with Gasteiger partial charge in [0.1, 0.15) is 6.29 Å². The van der Waals surface area contributed by atoms with Gasteiger partial charge in [0.15, 0.2) is 0 Å². The van der Waals surface area contributed by atoms with Crippen LogP contribution in [0.25, 0.3) is 0 Å². The smallest absolute Gasteiger partial charge is 0.251 e. The van der Waals surface area contributed by atoms with E-state index >= 15 is 0 Å². The molecule has 1 aromatic heterocycles. The first-order chi connectivity index (χ1) is 13.6. The average molecular weight is 374 g/mol. The maximum Gasteiger partial charge on any atom is 0.251 e. The molecule has 0 bridgehead atoms. The Morgan fingerprint density at radius 1 is 1.21 bits per heavy atom. The number of allylic oxidation sites excluding steroid dienone is 1. The zero-order chi connectivity index (χ0) is 20.4. The Kier molecular flexibility index (Phi) is 7.67. The molecule has 2 rings (SSSR count). The second-order valence-corrected chi connectivity index (χ2v) is 5.85. The van der Waals surface area contributed by atoms with Crippen LogP contribution < -0.4 is 11.1 Å². The van der Waals surface area contributed by atoms with Crippen molar-refractivity contribution in [3.8, 4) is 11.8 Å². The number of benzene rings is 1. The van der Waals surface area contributed by atoms with Crippen LogP contribution in [-0.4, -0.2) is 36.0 Å². The molecule has 1 aromatic carbocycles. The molecule has 2 aromatic rings. The lowest BCUT2D eigenvalue weighted by atomic mass is 10.1. The number of aldehydes is 1. The van der Waals surface area contributed by atoms with E-state index in [2.05, 4.69) is 27.1 Å². The summed E-state index contributed by atoms with van der Waals surface area (Å²) in [6.07, 6.45) is 6.06. The van der Waals surface area contributed by atoms with Crippen LogP contribution in [0.1, 0.15) is 40.5 Å². The number of carbonyl (C=O) groups excluding carboxylic acids is 2. The third-order valence-electron chi connectivity index (χ3n) is 3.94. The standard InChI is InChI=1S/C22H22N4O2/c1-3-19(15-27)26-22(28)18-9-6-16(7-10-18)4-5-17-8-11-21(25-14-17)20(24-2)12-13-23/h6-15,19H,3,23H2,1-2H3,(H,26,28)/t19-/m0/s1. The number of hydrogen-bond donors (Lipinski definition) is 2. The summed E-state index contributed by atoms with van der Waals surface area (Å²) in [6, 6.07) is 10.1. The van der Waals surface area contributed by atoms with Crippen molar-refractivity contribution < 1.29 is 9.59 Å². The number of nitrogens with one attached hydrogen (secondary N) is 1. The van der Waals surface area contributed by atoms with Crippen molar-refractivity contribution in [3.05, 3.63) is 77.3 Å². The molecule has 3 N–H and O–H groups in total. The number of aliphatic imine (C=N–C) groups is 1. The van der Waals surface area contributed by atoms with Crippen LogP contribution >= 0.6 is 0 Å². The molecule has 28 heavy (non-hydrogen) atoms. The first-order valence-electron chi connectivity index (χ1n) is 8.81. The summed E-state index contributed by atoms with van der Waals surface area (Å²) < 4.78 is 0. The first kappa shape index (κ1) is 20.6. The van der Waals surface area contributed by atoms with Crippen LogP contribution in [0, 0.1) is 11.8 Å². The van der Waals surface area contributed by atoms with Gasteiger partial charge in [0.2, 0.25) is 0 Å². The molecular weight excluding hydrogens is 352 g/mol. The molecule has 0 unspecified atom stereocenters. The second-order valence-electron chi connectivity index (χ2n) is 5.85. The molecule has 1 atom stereocenters. The predicted molar refractivity (Wildman–Crippen MR) is 110 cm³/mol. The minimum absolute atomic E-state index is 0.279. The first-order valence-corrected chi connectivity index (χ1v) is 8.81. The van der Waals surface area contributed by atoms with Gasteiger partial charge in [-0.15, -0.1) is 0 Å². The van der Waals surface area contributed by atoms with E-state index in [1.807, 2.05) is 19.1 Å². The third kappa shape index (κ3) is 5.64. The van der Waals surface area contributed by atoms with Crippen LogP contribution in [0.4, 0.5) is 0 Å². The second kappa shape index (κ2) is 10.4. The summed E-state index contributed by atoms with van der Waals surface area (Å²) in [5, 5.41) is 2.66. The Hall–Kier alpha value is -3.72. The number of aromatic nitrogens is 1. The number of nitrogens with two attached hydrogens (primary N) is 1. The summed E-state index contributed by atoms with van der Waals surface area (Å²) in [4.78, 5) is 31.4. The largest absolute Gasteiger partial charge is 0.405 e. The zero-order valence-corrected chi connectivity index (χ0v) is 15.8. The summed E-state index contributed by atoms with van der Waals surface area (Å²) in [5.74, 6) is 5.79. The van der Waals surface area contributed by atoms with Crippen molar-refractivity contribution >= 4 is 17.9 Å². The topological polar surface area (TPSA) is 97.4 Å². The summed E-state index contributed by atoms with van der Waals surface area (Å²) in [6.45, 7) is 1.84. The van der Waals surface area contributed by atoms with E-state index in [1.54, 1.807) is 43.6 Å². The molecule has 0 fully saturated rings. The van der Waals surface area contributed by atoms with E-state index in [0.717, 1.165) is 17.4 Å². The highest BCUT2D eigenvalue weighted by molar-refractivity contribution is 6.07. The Morgan fingerprint density at radius 3 is 2.43 bits per heavy atom. The molecule has 0 aliphatic rings. The summed E-state index contributed by atoms with van der Waals surface area (Å²) >= 11 is 0. The van der Waals surface area contributed by atoms with E-state index in [-0.39, 0.29) is 5.91 Å². The number of pyridine rings is 1. The van der Waals surface area contributed by atoms with E-state index in [1.165, 1.54) is 6.20 Å². The van der Waals surface area contributed by atoms with Gasteiger partial charge < -0.3 is 15.8 Å². The highest BCUT2D eigenvalue weighted by atomic mass is 16.2. The fraction of sp³-hybridized carbons (Fsp3) is 0.182. The quantitative estimate of drug-likeness (QED) is 0.459. The molecule has 0 spiro atoms. The fourth-order valence-electron chi connectivity index (χ4n) is 2.32. The van der Waals surface area contributed by atoms with Crippen molar-refractivity contribution in [2.45, 2.75) is 19.4 Å². The van der Waals surface area contributed by atoms with Gasteiger partial charge in [-0.1, -0.05) is 18.8 Å². The van der Waals surface area contributed by atoms with Crippen LogP contribution in [0.15, 0.2) is 59.9 Å². The minimum Gasteiger partial charge on any atom is -0.405 e. The van der Waals surface area contributed by atoms with Gasteiger partial charge in [0.25, 0.3) is 5.91 Å². The van der Waals surface area contributed by atoms with E-state index in [0.29, 0.717) is 23.4 Å². The number of hydrogen-bond acceptors (Lipinski definition) is 5. The molecule has 6 heteroatoms. The number of carbonyl (C=O) groups is 2. The van der Waals surface area contributed by atoms with Gasteiger partial charge in [0, 0.05) is 29.9 Å². The van der Waals surface area contributed by atoms with Crippen LogP contribution in [0.2, 0.25) is 0 Å². The van der Waals surface area contributed by atoms with Crippen LogP contribution in [0.3, 0.4) is 0 Å². The predicted octanol–water partition coefficient (Wildman–Crippen LogP) is 2.08. The Bertz CT molecular complexity index is 933. The molecule has 1 amide bonds. The van der Waals surface area contributed by atoms with E-state index in [4.69, 9.17) is 5.73 Å². The minimum atomic E-state index is -0.471. The van der Waals surface area contributed by atoms with Gasteiger partial charge in [-0.25, -0.2) is 0 Å². The molecular formula is C22H22N4O2. The third-order valence-corrected chi connectivity index (χ3v) is 3.94. The van der Waals surface area contributed by atoms with Crippen LogP contribution in [-0.2, 0) is 4.79 Å². The van der Waals surface area contributed by atoms with Crippen molar-refractivity contribution in [1.82, 2.24) is 10.3 Å². The summed E-state index contributed by atoms with van der Waals surface area (Å²) in [5.41, 5.74) is 8.81. The van der Waals surface area contributed by atoms with Crippen molar-refractivity contribution in [2.75, 3.05) is 7.05 Å². The number of rotatable bonds is 6. The fourth-order valence-corrected chi connectivity index (χ4v) is 2.32. The zero-order valence-electron chi connectivity index (χ0n) is 15.8. The van der Waals surface area contributed by atoms with Gasteiger partial charge in [0.05, 0.1) is 17.4 Å². The molecule has 0 saturated heterocycles. The maximum absolute atomic E-state index is 12.1. The Balaban J connectivity index is 2.08. The van der Waals surface area contributed by atoms with Gasteiger partial charge in [-0.3, -0.25) is 14.8 Å². The molecule has 0 aliphatic carbocycles. The molecule has 1 heterocycles. The molecule has 0 radical (unpaired) electrons. The molecule has 0 aliphatic heterocycles. The highest BCUT2D eigenvalue weighted by Gasteiger charge is 2.10. The van der Waals surface area contributed by atoms with Crippen molar-refractivity contribution in [2.24, 2.45) is 10.7 Å². The Morgan fingerprint density at radius 2 is 1.89 bits per heavy atom. The highest BCUT2D eigenvalue weighted by Crippen LogP contribution is 2.06. The van der Waals surface area contributed by atoms with Gasteiger partial charge in [-0.05, 0) is 55.1 Å². The maximum atomic E-state index is 12.1. The number of nitrogens with zero attached hydrogens (tertiary/aromatic N) is 2.